The molecule has 5 atom stereocenters. The Kier molecular flexibility index (Phi) is 3.83. The molecule has 2 heterocycles. The third-order valence-electron chi connectivity index (χ3n) is 5.21. The summed E-state index contributed by atoms with van der Waals surface area (Å²) in [6.07, 6.45) is 3.46. The average Bonchev–Trinajstić information content (AvgIpc) is 3.05. The lowest BCUT2D eigenvalue weighted by Crippen LogP contribution is -2.41. The van der Waals surface area contributed by atoms with E-state index in [1.54, 1.807) is 30.3 Å². The Morgan fingerprint density at radius 3 is 2.88 bits per heavy atom. The largest absolute Gasteiger partial charge is 0.508 e. The van der Waals surface area contributed by atoms with E-state index in [0.717, 1.165) is 12.0 Å². The first-order valence-electron chi connectivity index (χ1n) is 8.18. The predicted molar refractivity (Wildman–Crippen MR) is 83.9 cm³/mol. The first-order valence-corrected chi connectivity index (χ1v) is 8.18. The van der Waals surface area contributed by atoms with Gasteiger partial charge in [0.1, 0.15) is 11.9 Å². The van der Waals surface area contributed by atoms with Crippen LogP contribution in [0, 0.1) is 11.8 Å². The van der Waals surface area contributed by atoms with E-state index in [1.165, 1.54) is 6.08 Å². The molecule has 0 amide bonds. The van der Waals surface area contributed by atoms with Crippen molar-refractivity contribution in [2.24, 2.45) is 11.8 Å². The minimum absolute atomic E-state index is 0.0715. The zero-order valence-corrected chi connectivity index (χ0v) is 13.1. The molecule has 128 valence electrons. The van der Waals surface area contributed by atoms with Crippen molar-refractivity contribution in [1.29, 1.82) is 0 Å². The number of aliphatic hydroxyl groups is 1. The Morgan fingerprint density at radius 2 is 2.08 bits per heavy atom. The van der Waals surface area contributed by atoms with Crippen molar-refractivity contribution in [3.63, 3.8) is 0 Å². The molecule has 2 saturated heterocycles. The number of rotatable bonds is 3. The van der Waals surface area contributed by atoms with E-state index in [-0.39, 0.29) is 36.6 Å². The number of ether oxygens (including phenoxy) is 3. The second kappa shape index (κ2) is 5.88. The predicted octanol–water partition coefficient (Wildman–Crippen LogP) is 1.46. The molecule has 24 heavy (non-hydrogen) atoms. The number of carbonyl (C=O) groups is 1. The van der Waals surface area contributed by atoms with Crippen molar-refractivity contribution >= 4 is 12.0 Å². The maximum Gasteiger partial charge on any atom is 0.331 e. The summed E-state index contributed by atoms with van der Waals surface area (Å²) in [5, 5.41) is 20.0. The van der Waals surface area contributed by atoms with Crippen LogP contribution in [0.4, 0.5) is 0 Å². The molecule has 0 bridgehead atoms. The maximum atomic E-state index is 12.1. The van der Waals surface area contributed by atoms with Gasteiger partial charge in [-0.05, 0) is 30.2 Å². The van der Waals surface area contributed by atoms with Crippen LogP contribution in [0.1, 0.15) is 18.4 Å². The highest BCUT2D eigenvalue weighted by Crippen LogP contribution is 2.52. The smallest absolute Gasteiger partial charge is 0.331 e. The first kappa shape index (κ1) is 15.6. The topological polar surface area (TPSA) is 85.2 Å². The van der Waals surface area contributed by atoms with Crippen LogP contribution in [0.3, 0.4) is 0 Å². The van der Waals surface area contributed by atoms with Crippen molar-refractivity contribution in [1.82, 2.24) is 0 Å². The molecular weight excluding hydrogens is 312 g/mol. The molecule has 4 rings (SSSR count). The zero-order valence-electron chi connectivity index (χ0n) is 13.1. The Hall–Kier alpha value is -1.89. The van der Waals surface area contributed by atoms with Crippen molar-refractivity contribution in [3.05, 3.63) is 35.9 Å². The number of benzene rings is 1. The zero-order chi connectivity index (χ0) is 16.7. The van der Waals surface area contributed by atoms with Gasteiger partial charge in [0, 0.05) is 24.3 Å². The van der Waals surface area contributed by atoms with Crippen LogP contribution in [0.25, 0.3) is 6.08 Å². The van der Waals surface area contributed by atoms with Crippen LogP contribution < -0.4 is 0 Å². The molecule has 3 fully saturated rings. The monoisotopic (exact) mass is 332 g/mol. The average molecular weight is 332 g/mol. The fourth-order valence-corrected chi connectivity index (χ4v) is 4.11. The SMILES string of the molecule is O=C(C=Cc1ccc(O)cc1)O[C@@H]1C[C@@]2(O)CO[C@H]3OCC[C@@H]1[C@H]32. The second-order valence-electron chi connectivity index (χ2n) is 6.74. The highest BCUT2D eigenvalue weighted by Gasteiger charge is 2.63. The fourth-order valence-electron chi connectivity index (χ4n) is 4.11. The molecule has 2 aliphatic heterocycles. The van der Waals surface area contributed by atoms with Gasteiger partial charge in [-0.2, -0.15) is 0 Å². The summed E-state index contributed by atoms with van der Waals surface area (Å²) in [7, 11) is 0. The number of carbonyl (C=O) groups excluding carboxylic acids is 1. The van der Waals surface area contributed by atoms with Crippen molar-refractivity contribution < 1.29 is 29.2 Å². The molecule has 0 unspecified atom stereocenters. The fraction of sp³-hybridized carbons (Fsp3) is 0.500. The lowest BCUT2D eigenvalue weighted by molar-refractivity contribution is -0.180. The summed E-state index contributed by atoms with van der Waals surface area (Å²) in [5.41, 5.74) is -0.160. The standard InChI is InChI=1S/C18H20O6/c19-12-4-1-11(2-5-12)3-6-15(20)24-14-9-18(21)10-23-17-16(18)13(14)7-8-22-17/h1-6,13-14,16-17,19,21H,7-10H2/t13-,14+,16+,17+,18+/m0/s1. The van der Waals surface area contributed by atoms with E-state index in [4.69, 9.17) is 14.2 Å². The lowest BCUT2D eigenvalue weighted by atomic mass is 9.84. The molecular formula is C18H20O6. The summed E-state index contributed by atoms with van der Waals surface area (Å²) in [4.78, 5) is 12.1. The van der Waals surface area contributed by atoms with Crippen LogP contribution in [-0.2, 0) is 19.0 Å². The highest BCUT2D eigenvalue weighted by atomic mass is 16.7. The van der Waals surface area contributed by atoms with Gasteiger partial charge in [0.25, 0.3) is 0 Å². The Balaban J connectivity index is 1.42. The normalized spacial score (nSPS) is 37.5. The van der Waals surface area contributed by atoms with Crippen LogP contribution in [0.2, 0.25) is 0 Å². The molecule has 2 N–H and O–H groups in total. The summed E-state index contributed by atoms with van der Waals surface area (Å²) < 4.78 is 16.7. The molecule has 1 aromatic carbocycles. The summed E-state index contributed by atoms with van der Waals surface area (Å²) >= 11 is 0. The number of hydrogen-bond acceptors (Lipinski definition) is 6. The second-order valence-corrected chi connectivity index (χ2v) is 6.74. The Bertz CT molecular complexity index is 654. The molecule has 6 heteroatoms. The maximum absolute atomic E-state index is 12.1. The van der Waals surface area contributed by atoms with Crippen LogP contribution in [0.15, 0.2) is 30.3 Å². The summed E-state index contributed by atoms with van der Waals surface area (Å²) in [6.45, 7) is 0.787. The van der Waals surface area contributed by atoms with Gasteiger partial charge in [-0.25, -0.2) is 4.79 Å². The summed E-state index contributed by atoms with van der Waals surface area (Å²) in [5.74, 6) is -0.301. The highest BCUT2D eigenvalue weighted by molar-refractivity contribution is 5.87. The minimum atomic E-state index is -0.957. The molecule has 1 aromatic rings. The van der Waals surface area contributed by atoms with E-state index >= 15 is 0 Å². The Morgan fingerprint density at radius 1 is 1.29 bits per heavy atom. The van der Waals surface area contributed by atoms with Gasteiger partial charge in [0.15, 0.2) is 6.29 Å². The third-order valence-corrected chi connectivity index (χ3v) is 5.21. The van der Waals surface area contributed by atoms with Gasteiger partial charge in [-0.1, -0.05) is 12.1 Å². The van der Waals surface area contributed by atoms with E-state index < -0.39 is 11.6 Å². The van der Waals surface area contributed by atoms with Gasteiger partial charge >= 0.3 is 5.97 Å². The van der Waals surface area contributed by atoms with Gasteiger partial charge in [0.2, 0.25) is 0 Å². The quantitative estimate of drug-likeness (QED) is 0.644. The number of phenols is 1. The molecule has 0 spiro atoms. The number of aromatic hydroxyl groups is 1. The number of esters is 1. The molecule has 6 nitrogen and oxygen atoms in total. The molecule has 0 aromatic heterocycles. The van der Waals surface area contributed by atoms with Gasteiger partial charge in [0.05, 0.1) is 18.8 Å². The molecule has 0 radical (unpaired) electrons. The van der Waals surface area contributed by atoms with Crippen LogP contribution in [-0.4, -0.2) is 47.4 Å². The third kappa shape index (κ3) is 2.70. The van der Waals surface area contributed by atoms with Crippen LogP contribution >= 0.6 is 0 Å². The molecule has 1 saturated carbocycles. The first-order chi connectivity index (χ1) is 11.5. The van der Waals surface area contributed by atoms with Crippen molar-refractivity contribution in [2.75, 3.05) is 13.2 Å². The van der Waals surface area contributed by atoms with Crippen molar-refractivity contribution in [3.8, 4) is 5.75 Å². The lowest BCUT2D eigenvalue weighted by Gasteiger charge is -2.33. The molecule has 1 aliphatic carbocycles. The van der Waals surface area contributed by atoms with E-state index in [0.29, 0.717) is 13.0 Å². The van der Waals surface area contributed by atoms with Gasteiger partial charge < -0.3 is 24.4 Å². The van der Waals surface area contributed by atoms with E-state index in [1.807, 2.05) is 0 Å². The summed E-state index contributed by atoms with van der Waals surface area (Å²) in [6, 6.07) is 6.53. The Labute approximate surface area is 139 Å². The van der Waals surface area contributed by atoms with Gasteiger partial charge in [-0.3, -0.25) is 0 Å². The molecule has 3 aliphatic rings. The van der Waals surface area contributed by atoms with E-state index in [9.17, 15) is 15.0 Å². The van der Waals surface area contributed by atoms with Crippen LogP contribution in [0.5, 0.6) is 5.75 Å². The van der Waals surface area contributed by atoms with Gasteiger partial charge in [-0.15, -0.1) is 0 Å². The minimum Gasteiger partial charge on any atom is -0.508 e. The van der Waals surface area contributed by atoms with Crippen molar-refractivity contribution in [2.45, 2.75) is 30.8 Å². The number of hydrogen-bond donors (Lipinski definition) is 2. The van der Waals surface area contributed by atoms with E-state index in [2.05, 4.69) is 0 Å². The number of phenolic OH excluding ortho intramolecular Hbond substituents is 1.